The summed E-state index contributed by atoms with van der Waals surface area (Å²) in [4.78, 5) is 2.04. The number of alkyl halides is 3. The number of nitrogens with zero attached hydrogens (tertiary/aromatic N) is 1. The van der Waals surface area contributed by atoms with Crippen molar-refractivity contribution >= 4 is 21.6 Å². The summed E-state index contributed by atoms with van der Waals surface area (Å²) >= 11 is 3.18. The maximum atomic E-state index is 12.9. The van der Waals surface area contributed by atoms with E-state index in [9.17, 15) is 13.2 Å². The number of piperidine rings is 1. The molecule has 1 aliphatic heterocycles. The van der Waals surface area contributed by atoms with E-state index in [4.69, 9.17) is 0 Å². The van der Waals surface area contributed by atoms with Gasteiger partial charge in [0, 0.05) is 29.3 Å². The predicted molar refractivity (Wildman–Crippen MR) is 82.6 cm³/mol. The lowest BCUT2D eigenvalue weighted by atomic mass is 9.93. The quantitative estimate of drug-likeness (QED) is 0.860. The largest absolute Gasteiger partial charge is 0.416 e. The average Bonchev–Trinajstić information content (AvgIpc) is 2.39. The molecule has 1 aromatic rings. The van der Waals surface area contributed by atoms with Gasteiger partial charge in [-0.05, 0) is 37.1 Å². The molecule has 1 heterocycles. The first-order valence-corrected chi connectivity index (χ1v) is 7.96. The molecule has 0 radical (unpaired) electrons. The fraction of sp³-hybridized carbons (Fsp3) is 0.600. The number of nitrogens with one attached hydrogen (secondary N) is 1. The molecule has 2 unspecified atom stereocenters. The van der Waals surface area contributed by atoms with E-state index in [2.05, 4.69) is 35.1 Å². The number of hydrogen-bond donors (Lipinski definition) is 1. The minimum Gasteiger partial charge on any atom is -0.371 e. The summed E-state index contributed by atoms with van der Waals surface area (Å²) in [5.41, 5.74) is 0.0341. The van der Waals surface area contributed by atoms with E-state index < -0.39 is 11.7 Å². The van der Waals surface area contributed by atoms with Gasteiger partial charge in [-0.1, -0.05) is 29.8 Å². The fourth-order valence-electron chi connectivity index (χ4n) is 2.87. The van der Waals surface area contributed by atoms with E-state index in [0.717, 1.165) is 32.1 Å². The Labute approximate surface area is 131 Å². The van der Waals surface area contributed by atoms with Gasteiger partial charge >= 0.3 is 6.18 Å². The summed E-state index contributed by atoms with van der Waals surface area (Å²) in [7, 11) is 0. The van der Waals surface area contributed by atoms with Crippen molar-refractivity contribution in [2.24, 2.45) is 5.92 Å². The first kappa shape index (κ1) is 16.6. The summed E-state index contributed by atoms with van der Waals surface area (Å²) in [6.45, 7) is 6.68. The lowest BCUT2D eigenvalue weighted by molar-refractivity contribution is -0.137. The van der Waals surface area contributed by atoms with Crippen LogP contribution >= 0.6 is 15.9 Å². The SMILES string of the molecule is CCNC1CCN(c2cc(Br)cc(C(F)(F)F)c2)CC1C. The van der Waals surface area contributed by atoms with Crippen LogP contribution in [0.5, 0.6) is 0 Å². The molecule has 1 N–H and O–H groups in total. The molecule has 1 saturated heterocycles. The molecular weight excluding hydrogens is 345 g/mol. The highest BCUT2D eigenvalue weighted by Gasteiger charge is 2.32. The molecule has 118 valence electrons. The van der Waals surface area contributed by atoms with Crippen molar-refractivity contribution in [2.75, 3.05) is 24.5 Å². The second-order valence-electron chi connectivity index (χ2n) is 5.57. The van der Waals surface area contributed by atoms with Crippen molar-refractivity contribution < 1.29 is 13.2 Å². The van der Waals surface area contributed by atoms with Crippen molar-refractivity contribution in [3.8, 4) is 0 Å². The minimum absolute atomic E-state index is 0.409. The van der Waals surface area contributed by atoms with Gasteiger partial charge in [-0.25, -0.2) is 0 Å². The third-order valence-electron chi connectivity index (χ3n) is 3.95. The van der Waals surface area contributed by atoms with E-state index in [0.29, 0.717) is 22.1 Å². The third-order valence-corrected chi connectivity index (χ3v) is 4.40. The van der Waals surface area contributed by atoms with Crippen molar-refractivity contribution in [1.29, 1.82) is 0 Å². The molecular formula is C15H20BrF3N2. The highest BCUT2D eigenvalue weighted by Crippen LogP contribution is 2.35. The Bertz CT molecular complexity index is 490. The van der Waals surface area contributed by atoms with E-state index in [1.807, 2.05) is 4.90 Å². The van der Waals surface area contributed by atoms with Gasteiger partial charge in [0.2, 0.25) is 0 Å². The first-order valence-electron chi connectivity index (χ1n) is 7.17. The summed E-state index contributed by atoms with van der Waals surface area (Å²) in [6, 6.07) is 4.57. The Morgan fingerprint density at radius 3 is 2.62 bits per heavy atom. The molecule has 1 fully saturated rings. The van der Waals surface area contributed by atoms with Crippen LogP contribution in [0.25, 0.3) is 0 Å². The highest BCUT2D eigenvalue weighted by atomic mass is 79.9. The van der Waals surface area contributed by atoms with Crippen LogP contribution in [0.3, 0.4) is 0 Å². The van der Waals surface area contributed by atoms with Crippen LogP contribution in [0.2, 0.25) is 0 Å². The summed E-state index contributed by atoms with van der Waals surface area (Å²) in [5, 5.41) is 3.44. The normalized spacial score (nSPS) is 23.4. The molecule has 1 aromatic carbocycles. The molecule has 2 atom stereocenters. The predicted octanol–water partition coefficient (Wildman–Crippen LogP) is 4.29. The zero-order chi connectivity index (χ0) is 15.6. The van der Waals surface area contributed by atoms with Gasteiger partial charge in [0.25, 0.3) is 0 Å². The number of halogens is 4. The standard InChI is InChI=1S/C15H20BrF3N2/c1-3-20-14-4-5-21(9-10(14)2)13-7-11(15(17,18)19)6-12(16)8-13/h6-8,10,14,20H,3-5,9H2,1-2H3. The van der Waals surface area contributed by atoms with Crippen molar-refractivity contribution in [3.05, 3.63) is 28.2 Å². The molecule has 2 rings (SSSR count). The van der Waals surface area contributed by atoms with Crippen LogP contribution in [0.15, 0.2) is 22.7 Å². The highest BCUT2D eigenvalue weighted by molar-refractivity contribution is 9.10. The van der Waals surface area contributed by atoms with Gasteiger partial charge in [-0.3, -0.25) is 0 Å². The monoisotopic (exact) mass is 364 g/mol. The Balaban J connectivity index is 2.18. The molecule has 21 heavy (non-hydrogen) atoms. The van der Waals surface area contributed by atoms with Crippen LogP contribution in [0, 0.1) is 5.92 Å². The van der Waals surface area contributed by atoms with Crippen molar-refractivity contribution in [2.45, 2.75) is 32.5 Å². The molecule has 0 spiro atoms. The molecule has 6 heteroatoms. The zero-order valence-electron chi connectivity index (χ0n) is 12.2. The van der Waals surface area contributed by atoms with Gasteiger partial charge in [0.05, 0.1) is 5.56 Å². The molecule has 0 bridgehead atoms. The molecule has 1 aliphatic rings. The molecule has 0 saturated carbocycles. The minimum atomic E-state index is -4.31. The van der Waals surface area contributed by atoms with Gasteiger partial charge < -0.3 is 10.2 Å². The maximum absolute atomic E-state index is 12.9. The van der Waals surface area contributed by atoms with E-state index in [1.165, 1.54) is 6.07 Å². The second kappa shape index (κ2) is 6.57. The second-order valence-corrected chi connectivity index (χ2v) is 6.49. The Hall–Kier alpha value is -0.750. The summed E-state index contributed by atoms with van der Waals surface area (Å²) in [5.74, 6) is 0.409. The number of rotatable bonds is 3. The molecule has 0 aliphatic carbocycles. The fourth-order valence-corrected chi connectivity index (χ4v) is 3.35. The molecule has 0 aromatic heterocycles. The van der Waals surface area contributed by atoms with Crippen molar-refractivity contribution in [1.82, 2.24) is 5.32 Å². The third kappa shape index (κ3) is 4.13. The van der Waals surface area contributed by atoms with Crippen LogP contribution in [0.4, 0.5) is 18.9 Å². The lowest BCUT2D eigenvalue weighted by Crippen LogP contribution is -2.48. The average molecular weight is 365 g/mol. The van der Waals surface area contributed by atoms with Crippen LogP contribution in [-0.2, 0) is 6.18 Å². The van der Waals surface area contributed by atoms with E-state index in [-0.39, 0.29) is 0 Å². The van der Waals surface area contributed by atoms with Gasteiger partial charge in [-0.2, -0.15) is 13.2 Å². The van der Waals surface area contributed by atoms with Gasteiger partial charge in [-0.15, -0.1) is 0 Å². The maximum Gasteiger partial charge on any atom is 0.416 e. The Morgan fingerprint density at radius 2 is 2.05 bits per heavy atom. The Kier molecular flexibility index (Phi) is 5.20. The van der Waals surface area contributed by atoms with Crippen LogP contribution < -0.4 is 10.2 Å². The van der Waals surface area contributed by atoms with Crippen LogP contribution in [0.1, 0.15) is 25.8 Å². The van der Waals surface area contributed by atoms with Crippen molar-refractivity contribution in [3.63, 3.8) is 0 Å². The zero-order valence-corrected chi connectivity index (χ0v) is 13.8. The van der Waals surface area contributed by atoms with E-state index >= 15 is 0 Å². The summed E-state index contributed by atoms with van der Waals surface area (Å²) < 4.78 is 39.2. The number of benzene rings is 1. The smallest absolute Gasteiger partial charge is 0.371 e. The number of hydrogen-bond acceptors (Lipinski definition) is 2. The van der Waals surface area contributed by atoms with Gasteiger partial charge in [0.1, 0.15) is 0 Å². The lowest BCUT2D eigenvalue weighted by Gasteiger charge is -2.39. The van der Waals surface area contributed by atoms with Crippen LogP contribution in [-0.4, -0.2) is 25.7 Å². The molecule has 0 amide bonds. The molecule has 2 nitrogen and oxygen atoms in total. The van der Waals surface area contributed by atoms with Gasteiger partial charge in [0.15, 0.2) is 0 Å². The number of anilines is 1. The Morgan fingerprint density at radius 1 is 1.33 bits per heavy atom. The van der Waals surface area contributed by atoms with E-state index in [1.54, 1.807) is 6.07 Å². The topological polar surface area (TPSA) is 15.3 Å². The summed E-state index contributed by atoms with van der Waals surface area (Å²) in [6.07, 6.45) is -3.37. The first-order chi connectivity index (χ1) is 9.81.